The second kappa shape index (κ2) is 5.83. The Morgan fingerprint density at radius 2 is 2.24 bits per heavy atom. The van der Waals surface area contributed by atoms with Crippen molar-refractivity contribution in [2.24, 2.45) is 12.0 Å². The molecule has 3 aromatic rings. The molecule has 0 aliphatic heterocycles. The quantitative estimate of drug-likeness (QED) is 0.745. The normalized spacial score (nSPS) is 12.0. The molecule has 0 aliphatic carbocycles. The number of hydrogen-bond donors (Lipinski definition) is 0. The van der Waals surface area contributed by atoms with Crippen molar-refractivity contribution >= 4 is 38.8 Å². The van der Waals surface area contributed by atoms with Crippen LogP contribution in [0.2, 0.25) is 0 Å². The van der Waals surface area contributed by atoms with Crippen LogP contribution in [0.4, 0.5) is 0 Å². The number of methoxy groups -OCH3 is 1. The van der Waals surface area contributed by atoms with E-state index in [2.05, 4.69) is 4.99 Å². The molecule has 0 spiro atoms. The number of carbonyl (C=O) groups excluding carboxylic acids is 1. The molecule has 1 amide bonds. The first kappa shape index (κ1) is 14.0. The van der Waals surface area contributed by atoms with E-state index in [1.165, 1.54) is 11.3 Å². The Labute approximate surface area is 130 Å². The van der Waals surface area contributed by atoms with Crippen molar-refractivity contribution in [2.45, 2.75) is 6.42 Å². The molecule has 0 fully saturated rings. The molecule has 1 aromatic carbocycles. The zero-order chi connectivity index (χ0) is 14.8. The molecule has 0 saturated carbocycles. The molecule has 0 unspecified atom stereocenters. The Morgan fingerprint density at radius 3 is 2.95 bits per heavy atom. The number of benzene rings is 1. The van der Waals surface area contributed by atoms with E-state index in [1.54, 1.807) is 18.4 Å². The predicted molar refractivity (Wildman–Crippen MR) is 85.9 cm³/mol. The standard InChI is InChI=1S/C15H14N2O2S2/c1-17-12-6-5-10(19-2)8-13(12)21-15(17)16-14(18)9-11-4-3-7-20-11/h3-8H,9H2,1-2H3. The maximum absolute atomic E-state index is 12.0. The van der Waals surface area contributed by atoms with Crippen molar-refractivity contribution in [2.75, 3.05) is 7.11 Å². The van der Waals surface area contributed by atoms with Gasteiger partial charge in [0, 0.05) is 11.9 Å². The first-order chi connectivity index (χ1) is 10.2. The van der Waals surface area contributed by atoms with Crippen LogP contribution in [0.3, 0.4) is 0 Å². The number of rotatable bonds is 3. The lowest BCUT2D eigenvalue weighted by molar-refractivity contribution is -0.117. The summed E-state index contributed by atoms with van der Waals surface area (Å²) in [5, 5.41) is 1.97. The molecule has 3 rings (SSSR count). The number of carbonyl (C=O) groups is 1. The summed E-state index contributed by atoms with van der Waals surface area (Å²) in [5.41, 5.74) is 1.04. The van der Waals surface area contributed by atoms with Gasteiger partial charge >= 0.3 is 0 Å². The fraction of sp³-hybridized carbons (Fsp3) is 0.200. The highest BCUT2D eigenvalue weighted by atomic mass is 32.1. The van der Waals surface area contributed by atoms with E-state index in [1.807, 2.05) is 47.3 Å². The van der Waals surface area contributed by atoms with Crippen LogP contribution < -0.4 is 9.54 Å². The van der Waals surface area contributed by atoms with Crippen LogP contribution in [-0.4, -0.2) is 17.6 Å². The number of thiophene rings is 1. The Morgan fingerprint density at radius 1 is 1.38 bits per heavy atom. The molecular formula is C15H14N2O2S2. The summed E-state index contributed by atoms with van der Waals surface area (Å²) in [7, 11) is 3.56. The largest absolute Gasteiger partial charge is 0.497 e. The van der Waals surface area contributed by atoms with E-state index >= 15 is 0 Å². The van der Waals surface area contributed by atoms with Crippen LogP contribution in [0, 0.1) is 0 Å². The number of fused-ring (bicyclic) bond motifs is 1. The van der Waals surface area contributed by atoms with E-state index in [4.69, 9.17) is 4.74 Å². The first-order valence-corrected chi connectivity index (χ1v) is 8.10. The highest BCUT2D eigenvalue weighted by Crippen LogP contribution is 2.22. The molecule has 4 nitrogen and oxygen atoms in total. The first-order valence-electron chi connectivity index (χ1n) is 6.41. The van der Waals surface area contributed by atoms with Gasteiger partial charge in [-0.05, 0) is 29.6 Å². The summed E-state index contributed by atoms with van der Waals surface area (Å²) in [6, 6.07) is 9.75. The topological polar surface area (TPSA) is 43.6 Å². The van der Waals surface area contributed by atoms with Gasteiger partial charge in [0.05, 0.1) is 23.7 Å². The van der Waals surface area contributed by atoms with Crippen LogP contribution in [0.1, 0.15) is 4.88 Å². The van der Waals surface area contributed by atoms with Crippen molar-refractivity contribution in [3.8, 4) is 5.75 Å². The molecule has 108 valence electrons. The Hall–Kier alpha value is -1.92. The van der Waals surface area contributed by atoms with E-state index < -0.39 is 0 Å². The number of hydrogen-bond acceptors (Lipinski definition) is 4. The number of aromatic nitrogens is 1. The van der Waals surface area contributed by atoms with E-state index in [-0.39, 0.29) is 5.91 Å². The summed E-state index contributed by atoms with van der Waals surface area (Å²) in [4.78, 5) is 18.0. The minimum Gasteiger partial charge on any atom is -0.497 e. The van der Waals surface area contributed by atoms with E-state index in [0.29, 0.717) is 11.2 Å². The fourth-order valence-corrected chi connectivity index (χ4v) is 3.82. The molecule has 0 aliphatic rings. The second-order valence-corrected chi connectivity index (χ2v) is 6.58. The SMILES string of the molecule is COc1ccc2c(c1)sc(=NC(=O)Cc1cccs1)n2C. The van der Waals surface area contributed by atoms with Crippen LogP contribution in [-0.2, 0) is 18.3 Å². The molecule has 0 bridgehead atoms. The van der Waals surface area contributed by atoms with E-state index in [0.717, 1.165) is 20.8 Å². The summed E-state index contributed by atoms with van der Waals surface area (Å²) in [6.07, 6.45) is 0.356. The molecule has 0 saturated heterocycles. The number of thiazole rings is 1. The van der Waals surface area contributed by atoms with Gasteiger partial charge in [-0.15, -0.1) is 11.3 Å². The highest BCUT2D eigenvalue weighted by molar-refractivity contribution is 7.16. The van der Waals surface area contributed by atoms with Gasteiger partial charge in [0.2, 0.25) is 0 Å². The van der Waals surface area contributed by atoms with E-state index in [9.17, 15) is 4.79 Å². The van der Waals surface area contributed by atoms with Gasteiger partial charge in [-0.2, -0.15) is 4.99 Å². The van der Waals surface area contributed by atoms with Gasteiger partial charge in [-0.1, -0.05) is 17.4 Å². The maximum Gasteiger partial charge on any atom is 0.253 e. The predicted octanol–water partition coefficient (Wildman–Crippen LogP) is 2.98. The van der Waals surface area contributed by atoms with Crippen molar-refractivity contribution in [3.63, 3.8) is 0 Å². The van der Waals surface area contributed by atoms with Gasteiger partial charge in [0.1, 0.15) is 5.75 Å². The lowest BCUT2D eigenvalue weighted by atomic mass is 10.3. The van der Waals surface area contributed by atoms with Gasteiger partial charge < -0.3 is 9.30 Å². The van der Waals surface area contributed by atoms with Crippen LogP contribution >= 0.6 is 22.7 Å². The fourth-order valence-electron chi connectivity index (χ4n) is 2.06. The molecule has 0 radical (unpaired) electrons. The smallest absolute Gasteiger partial charge is 0.253 e. The molecule has 2 aromatic heterocycles. The van der Waals surface area contributed by atoms with Crippen molar-refractivity contribution in [1.82, 2.24) is 4.57 Å². The monoisotopic (exact) mass is 318 g/mol. The average Bonchev–Trinajstić information content (AvgIpc) is 3.08. The van der Waals surface area contributed by atoms with Gasteiger partial charge in [-0.25, -0.2) is 0 Å². The summed E-state index contributed by atoms with van der Waals surface area (Å²) < 4.78 is 8.22. The number of ether oxygens (including phenoxy) is 1. The van der Waals surface area contributed by atoms with Gasteiger partial charge in [-0.3, -0.25) is 4.79 Å². The highest BCUT2D eigenvalue weighted by Gasteiger charge is 2.07. The van der Waals surface area contributed by atoms with Crippen molar-refractivity contribution in [3.05, 3.63) is 45.4 Å². The second-order valence-electron chi connectivity index (χ2n) is 4.54. The summed E-state index contributed by atoms with van der Waals surface area (Å²) in [5.74, 6) is 0.687. The Bertz CT molecular complexity index is 844. The third kappa shape index (κ3) is 2.91. The van der Waals surface area contributed by atoms with Crippen molar-refractivity contribution < 1.29 is 9.53 Å². The van der Waals surface area contributed by atoms with Gasteiger partial charge in [0.25, 0.3) is 5.91 Å². The average molecular weight is 318 g/mol. The molecule has 21 heavy (non-hydrogen) atoms. The number of nitrogens with zero attached hydrogens (tertiary/aromatic N) is 2. The Balaban J connectivity index is 1.97. The molecule has 0 N–H and O–H groups in total. The summed E-state index contributed by atoms with van der Waals surface area (Å²) >= 11 is 3.07. The zero-order valence-corrected chi connectivity index (χ0v) is 13.3. The maximum atomic E-state index is 12.0. The molecular weight excluding hydrogens is 304 g/mol. The lowest BCUT2D eigenvalue weighted by Crippen LogP contribution is -2.13. The van der Waals surface area contributed by atoms with Crippen LogP contribution in [0.15, 0.2) is 40.7 Å². The van der Waals surface area contributed by atoms with Crippen LogP contribution in [0.25, 0.3) is 10.2 Å². The Kier molecular flexibility index (Phi) is 3.90. The van der Waals surface area contributed by atoms with Gasteiger partial charge in [0.15, 0.2) is 4.80 Å². The summed E-state index contributed by atoms with van der Waals surface area (Å²) in [6.45, 7) is 0. The molecule has 0 atom stereocenters. The lowest BCUT2D eigenvalue weighted by Gasteiger charge is -1.99. The van der Waals surface area contributed by atoms with Crippen LogP contribution in [0.5, 0.6) is 5.75 Å². The third-order valence-electron chi connectivity index (χ3n) is 3.14. The number of amides is 1. The molecule has 6 heteroatoms. The molecule has 2 heterocycles. The minimum atomic E-state index is -0.119. The van der Waals surface area contributed by atoms with Crippen molar-refractivity contribution in [1.29, 1.82) is 0 Å². The third-order valence-corrected chi connectivity index (χ3v) is 5.11. The minimum absolute atomic E-state index is 0.119. The number of aryl methyl sites for hydroxylation is 1. The zero-order valence-electron chi connectivity index (χ0n) is 11.7.